The van der Waals surface area contributed by atoms with Crippen molar-refractivity contribution in [1.82, 2.24) is 5.32 Å². The average molecular weight is 263 g/mol. The second-order valence-corrected chi connectivity index (χ2v) is 4.80. The molecule has 0 bridgehead atoms. The number of nitrogens with one attached hydrogen (secondary N) is 1. The SMILES string of the molecule is CCOC(=O)c1ccc(OC[C@@H]2CCCN2)cc1C. The maximum Gasteiger partial charge on any atom is 0.338 e. The molecular formula is C15H21NO3. The van der Waals surface area contributed by atoms with Crippen molar-refractivity contribution >= 4 is 5.97 Å². The summed E-state index contributed by atoms with van der Waals surface area (Å²) in [4.78, 5) is 11.7. The fourth-order valence-corrected chi connectivity index (χ4v) is 2.26. The maximum absolute atomic E-state index is 11.7. The van der Waals surface area contributed by atoms with Crippen molar-refractivity contribution in [2.24, 2.45) is 0 Å². The number of aryl methyl sites for hydroxylation is 1. The predicted octanol–water partition coefficient (Wildman–Crippen LogP) is 2.30. The second kappa shape index (κ2) is 6.57. The third-order valence-corrected chi connectivity index (χ3v) is 3.31. The van der Waals surface area contributed by atoms with E-state index in [4.69, 9.17) is 9.47 Å². The molecule has 1 aromatic carbocycles. The monoisotopic (exact) mass is 263 g/mol. The van der Waals surface area contributed by atoms with Crippen LogP contribution in [0.1, 0.15) is 35.7 Å². The van der Waals surface area contributed by atoms with Crippen LogP contribution in [0.4, 0.5) is 0 Å². The van der Waals surface area contributed by atoms with Gasteiger partial charge >= 0.3 is 5.97 Å². The van der Waals surface area contributed by atoms with E-state index in [1.54, 1.807) is 13.0 Å². The molecule has 0 spiro atoms. The number of carbonyl (C=O) groups excluding carboxylic acids is 1. The van der Waals surface area contributed by atoms with Crippen LogP contribution in [0.25, 0.3) is 0 Å². The molecule has 2 rings (SSSR count). The van der Waals surface area contributed by atoms with Crippen molar-refractivity contribution in [2.45, 2.75) is 32.7 Å². The Morgan fingerprint density at radius 2 is 2.32 bits per heavy atom. The fourth-order valence-electron chi connectivity index (χ4n) is 2.26. The van der Waals surface area contributed by atoms with Gasteiger partial charge in [-0.25, -0.2) is 4.79 Å². The van der Waals surface area contributed by atoms with Gasteiger partial charge in [0.1, 0.15) is 12.4 Å². The van der Waals surface area contributed by atoms with Gasteiger partial charge in [-0.15, -0.1) is 0 Å². The molecule has 0 unspecified atom stereocenters. The Hall–Kier alpha value is -1.55. The van der Waals surface area contributed by atoms with Gasteiger partial charge in [0.2, 0.25) is 0 Å². The van der Waals surface area contributed by atoms with Gasteiger partial charge in [0.15, 0.2) is 0 Å². The minimum Gasteiger partial charge on any atom is -0.492 e. The lowest BCUT2D eigenvalue weighted by Gasteiger charge is -2.13. The smallest absolute Gasteiger partial charge is 0.338 e. The predicted molar refractivity (Wildman–Crippen MR) is 73.7 cm³/mol. The molecule has 1 N–H and O–H groups in total. The van der Waals surface area contributed by atoms with Crippen LogP contribution < -0.4 is 10.1 Å². The van der Waals surface area contributed by atoms with Crippen molar-refractivity contribution in [3.63, 3.8) is 0 Å². The molecule has 0 radical (unpaired) electrons. The summed E-state index contributed by atoms with van der Waals surface area (Å²) in [5, 5.41) is 3.39. The molecule has 1 saturated heterocycles. The molecule has 0 aromatic heterocycles. The summed E-state index contributed by atoms with van der Waals surface area (Å²) in [6, 6.07) is 5.94. The molecule has 4 nitrogen and oxygen atoms in total. The summed E-state index contributed by atoms with van der Waals surface area (Å²) in [6.45, 7) is 5.85. The lowest BCUT2D eigenvalue weighted by molar-refractivity contribution is 0.0525. The molecule has 1 aliphatic heterocycles. The lowest BCUT2D eigenvalue weighted by Crippen LogP contribution is -2.28. The van der Waals surface area contributed by atoms with E-state index in [-0.39, 0.29) is 5.97 Å². The lowest BCUT2D eigenvalue weighted by atomic mass is 10.1. The van der Waals surface area contributed by atoms with Crippen molar-refractivity contribution in [3.05, 3.63) is 29.3 Å². The molecule has 1 aromatic rings. The van der Waals surface area contributed by atoms with Crippen LogP contribution >= 0.6 is 0 Å². The van der Waals surface area contributed by atoms with E-state index in [2.05, 4.69) is 5.32 Å². The van der Waals surface area contributed by atoms with E-state index in [0.29, 0.717) is 24.8 Å². The number of ether oxygens (including phenoxy) is 2. The summed E-state index contributed by atoms with van der Waals surface area (Å²) in [7, 11) is 0. The Bertz CT molecular complexity index is 439. The fraction of sp³-hybridized carbons (Fsp3) is 0.533. The normalized spacial score (nSPS) is 18.3. The van der Waals surface area contributed by atoms with E-state index < -0.39 is 0 Å². The molecule has 0 amide bonds. The third kappa shape index (κ3) is 3.70. The van der Waals surface area contributed by atoms with Crippen LogP contribution in [0.3, 0.4) is 0 Å². The first-order chi connectivity index (χ1) is 9.20. The molecule has 4 heteroatoms. The van der Waals surface area contributed by atoms with Gasteiger partial charge in [0.25, 0.3) is 0 Å². The van der Waals surface area contributed by atoms with Gasteiger partial charge in [-0.05, 0) is 57.0 Å². The summed E-state index contributed by atoms with van der Waals surface area (Å²) in [5.41, 5.74) is 1.49. The highest BCUT2D eigenvalue weighted by Crippen LogP contribution is 2.19. The molecule has 0 saturated carbocycles. The van der Waals surface area contributed by atoms with E-state index in [1.165, 1.54) is 12.8 Å². The van der Waals surface area contributed by atoms with Gasteiger partial charge in [-0.1, -0.05) is 0 Å². The number of hydrogen-bond donors (Lipinski definition) is 1. The molecule has 1 heterocycles. The average Bonchev–Trinajstić information content (AvgIpc) is 2.89. The van der Waals surface area contributed by atoms with Crippen molar-refractivity contribution in [2.75, 3.05) is 19.8 Å². The van der Waals surface area contributed by atoms with Crippen LogP contribution in [0.15, 0.2) is 18.2 Å². The summed E-state index contributed by atoms with van der Waals surface area (Å²) in [5.74, 6) is 0.531. The number of hydrogen-bond acceptors (Lipinski definition) is 4. The first-order valence-electron chi connectivity index (χ1n) is 6.84. The molecule has 1 atom stereocenters. The van der Waals surface area contributed by atoms with E-state index in [0.717, 1.165) is 17.9 Å². The Morgan fingerprint density at radius 1 is 1.47 bits per heavy atom. The quantitative estimate of drug-likeness (QED) is 0.828. The maximum atomic E-state index is 11.7. The molecule has 19 heavy (non-hydrogen) atoms. The first kappa shape index (κ1) is 13.9. The highest BCUT2D eigenvalue weighted by atomic mass is 16.5. The zero-order valence-corrected chi connectivity index (χ0v) is 11.6. The topological polar surface area (TPSA) is 47.6 Å². The zero-order chi connectivity index (χ0) is 13.7. The highest BCUT2D eigenvalue weighted by Gasteiger charge is 2.15. The molecular weight excluding hydrogens is 242 g/mol. The summed E-state index contributed by atoms with van der Waals surface area (Å²) >= 11 is 0. The number of rotatable bonds is 5. The van der Waals surface area contributed by atoms with Gasteiger partial charge in [-0.2, -0.15) is 0 Å². The Labute approximate surface area is 114 Å². The highest BCUT2D eigenvalue weighted by molar-refractivity contribution is 5.91. The van der Waals surface area contributed by atoms with Crippen LogP contribution in [0, 0.1) is 6.92 Å². The van der Waals surface area contributed by atoms with Gasteiger partial charge < -0.3 is 14.8 Å². The van der Waals surface area contributed by atoms with E-state index in [1.807, 2.05) is 19.1 Å². The third-order valence-electron chi connectivity index (χ3n) is 3.31. The first-order valence-corrected chi connectivity index (χ1v) is 6.84. The number of carbonyl (C=O) groups is 1. The number of esters is 1. The van der Waals surface area contributed by atoms with E-state index in [9.17, 15) is 4.79 Å². The van der Waals surface area contributed by atoms with Crippen LogP contribution in [0.2, 0.25) is 0 Å². The van der Waals surface area contributed by atoms with Crippen molar-refractivity contribution in [3.8, 4) is 5.75 Å². The minimum absolute atomic E-state index is 0.274. The van der Waals surface area contributed by atoms with E-state index >= 15 is 0 Å². The largest absolute Gasteiger partial charge is 0.492 e. The zero-order valence-electron chi connectivity index (χ0n) is 11.6. The Balaban J connectivity index is 1.95. The van der Waals surface area contributed by atoms with Crippen molar-refractivity contribution < 1.29 is 14.3 Å². The van der Waals surface area contributed by atoms with Gasteiger partial charge in [-0.3, -0.25) is 0 Å². The minimum atomic E-state index is -0.274. The Kier molecular flexibility index (Phi) is 4.80. The second-order valence-electron chi connectivity index (χ2n) is 4.80. The summed E-state index contributed by atoms with van der Waals surface area (Å²) < 4.78 is 10.8. The van der Waals surface area contributed by atoms with Crippen molar-refractivity contribution in [1.29, 1.82) is 0 Å². The van der Waals surface area contributed by atoms with Crippen LogP contribution in [-0.2, 0) is 4.74 Å². The van der Waals surface area contributed by atoms with Gasteiger partial charge in [0.05, 0.1) is 12.2 Å². The van der Waals surface area contributed by atoms with Crippen LogP contribution in [-0.4, -0.2) is 31.8 Å². The molecule has 1 fully saturated rings. The Morgan fingerprint density at radius 3 is 2.95 bits per heavy atom. The molecule has 1 aliphatic rings. The number of benzene rings is 1. The standard InChI is InChI=1S/C15H21NO3/c1-3-18-15(17)14-7-6-13(9-11(14)2)19-10-12-5-4-8-16-12/h6-7,9,12,16H,3-5,8,10H2,1-2H3/t12-/m0/s1. The van der Waals surface area contributed by atoms with Crippen LogP contribution in [0.5, 0.6) is 5.75 Å². The molecule has 104 valence electrons. The molecule has 0 aliphatic carbocycles. The van der Waals surface area contributed by atoms with Gasteiger partial charge in [0, 0.05) is 6.04 Å². The summed E-state index contributed by atoms with van der Waals surface area (Å²) in [6.07, 6.45) is 2.38.